The minimum atomic E-state index is -0.492. The average molecular weight is 333 g/mol. The van der Waals surface area contributed by atoms with E-state index in [9.17, 15) is 9.59 Å². The number of primary amides is 1. The second-order valence-electron chi connectivity index (χ2n) is 5.72. The number of carbonyl (C=O) groups is 1. The summed E-state index contributed by atoms with van der Waals surface area (Å²) in [6.45, 7) is 7.46. The first-order chi connectivity index (χ1) is 11.4. The molecule has 2 rings (SSSR count). The Balaban J connectivity index is 2.48. The molecule has 0 radical (unpaired) electrons. The largest absolute Gasteiger partial charge is 0.380 e. The number of hydrogen-bond donors (Lipinski definition) is 2. The molecule has 0 fully saturated rings. The Morgan fingerprint density at radius 3 is 2.79 bits per heavy atom. The number of nitrogens with two attached hydrogens (primary N) is 1. The lowest BCUT2D eigenvalue weighted by Crippen LogP contribution is -2.15. The van der Waals surface area contributed by atoms with E-state index in [2.05, 4.69) is 15.1 Å². The molecule has 24 heavy (non-hydrogen) atoms. The van der Waals surface area contributed by atoms with E-state index in [1.807, 2.05) is 20.8 Å². The molecule has 0 aliphatic heterocycles. The van der Waals surface area contributed by atoms with Gasteiger partial charge in [0.25, 0.3) is 0 Å². The Morgan fingerprint density at radius 1 is 1.42 bits per heavy atom. The summed E-state index contributed by atoms with van der Waals surface area (Å²) in [6.07, 6.45) is -0.0327. The van der Waals surface area contributed by atoms with E-state index >= 15 is 0 Å². The molecule has 0 aromatic carbocycles. The number of nitrogens with one attached hydrogen (secondary N) is 1. The van der Waals surface area contributed by atoms with Crippen molar-refractivity contribution in [1.29, 1.82) is 0 Å². The van der Waals surface area contributed by atoms with Crippen LogP contribution in [0.3, 0.4) is 0 Å². The van der Waals surface area contributed by atoms with Gasteiger partial charge in [-0.25, -0.2) is 9.67 Å². The Morgan fingerprint density at radius 2 is 2.17 bits per heavy atom. The summed E-state index contributed by atoms with van der Waals surface area (Å²) in [7, 11) is 0. The van der Waals surface area contributed by atoms with E-state index in [0.29, 0.717) is 31.4 Å². The van der Waals surface area contributed by atoms with E-state index in [1.54, 1.807) is 10.7 Å². The van der Waals surface area contributed by atoms with Crippen LogP contribution in [0.25, 0.3) is 11.4 Å². The van der Waals surface area contributed by atoms with Crippen molar-refractivity contribution >= 4 is 5.91 Å². The number of H-pyrrole nitrogens is 1. The molecule has 0 aliphatic rings. The molecule has 0 saturated heterocycles. The number of aromatic nitrogens is 4. The maximum atomic E-state index is 11.6. The number of aromatic amines is 1. The van der Waals surface area contributed by atoms with Crippen LogP contribution in [-0.4, -0.2) is 38.9 Å². The Labute approximate surface area is 140 Å². The van der Waals surface area contributed by atoms with Gasteiger partial charge < -0.3 is 15.5 Å². The molecule has 8 nitrogen and oxygen atoms in total. The van der Waals surface area contributed by atoms with Crippen molar-refractivity contribution < 1.29 is 9.53 Å². The molecule has 0 bridgehead atoms. The van der Waals surface area contributed by atoms with Gasteiger partial charge in [-0.2, -0.15) is 5.10 Å². The van der Waals surface area contributed by atoms with Crippen LogP contribution in [0.2, 0.25) is 0 Å². The fourth-order valence-electron chi connectivity index (χ4n) is 2.41. The molecule has 0 spiro atoms. The average Bonchev–Trinajstić information content (AvgIpc) is 2.89. The van der Waals surface area contributed by atoms with Crippen LogP contribution in [0, 0.1) is 0 Å². The standard InChI is InChI=1S/C16H23N5O3/c1-4-24-8-7-21-16(18-13(20-21)9-12(17)22)11-5-6-14(23)19-15(11)10(2)3/h5-6,10H,4,7-9H2,1-3H3,(H2,17,22)(H,19,23). The summed E-state index contributed by atoms with van der Waals surface area (Å²) in [5.41, 5.74) is 6.63. The number of ether oxygens (including phenoxy) is 1. The third-order valence-electron chi connectivity index (χ3n) is 3.47. The molecule has 3 N–H and O–H groups in total. The molecule has 0 atom stereocenters. The summed E-state index contributed by atoms with van der Waals surface area (Å²) in [5.74, 6) is 0.556. The Bertz CT molecular complexity index is 763. The molecular formula is C16H23N5O3. The summed E-state index contributed by atoms with van der Waals surface area (Å²) < 4.78 is 7.07. The highest BCUT2D eigenvalue weighted by Crippen LogP contribution is 2.25. The predicted octanol–water partition coefficient (Wildman–Crippen LogP) is 0.821. The molecule has 2 aromatic rings. The molecule has 0 unspecified atom stereocenters. The van der Waals surface area contributed by atoms with E-state index in [0.717, 1.165) is 11.3 Å². The smallest absolute Gasteiger partial charge is 0.248 e. The minimum absolute atomic E-state index is 0.0327. The van der Waals surface area contributed by atoms with Gasteiger partial charge in [0.1, 0.15) is 0 Å². The Hall–Kier alpha value is -2.48. The zero-order chi connectivity index (χ0) is 17.7. The van der Waals surface area contributed by atoms with Crippen molar-refractivity contribution in [3.63, 3.8) is 0 Å². The van der Waals surface area contributed by atoms with E-state index in [-0.39, 0.29) is 17.9 Å². The normalized spacial score (nSPS) is 11.2. The first kappa shape index (κ1) is 17.9. The molecule has 1 amide bonds. The molecule has 0 aliphatic carbocycles. The van der Waals surface area contributed by atoms with Gasteiger partial charge in [0, 0.05) is 23.9 Å². The number of pyridine rings is 1. The fourth-order valence-corrected chi connectivity index (χ4v) is 2.41. The van der Waals surface area contributed by atoms with Crippen molar-refractivity contribution in [1.82, 2.24) is 19.7 Å². The quantitative estimate of drug-likeness (QED) is 0.694. The second kappa shape index (κ2) is 7.87. The first-order valence-corrected chi connectivity index (χ1v) is 7.95. The zero-order valence-corrected chi connectivity index (χ0v) is 14.2. The highest BCUT2D eigenvalue weighted by molar-refractivity contribution is 5.75. The number of nitrogens with zero attached hydrogens (tertiary/aromatic N) is 3. The zero-order valence-electron chi connectivity index (χ0n) is 14.2. The van der Waals surface area contributed by atoms with Crippen LogP contribution in [0.15, 0.2) is 16.9 Å². The van der Waals surface area contributed by atoms with Crippen molar-refractivity contribution in [2.24, 2.45) is 5.73 Å². The summed E-state index contributed by atoms with van der Waals surface area (Å²) in [6, 6.07) is 3.18. The third kappa shape index (κ3) is 4.29. The van der Waals surface area contributed by atoms with E-state index < -0.39 is 5.91 Å². The van der Waals surface area contributed by atoms with Crippen LogP contribution < -0.4 is 11.3 Å². The van der Waals surface area contributed by atoms with Gasteiger partial charge in [-0.1, -0.05) is 13.8 Å². The maximum absolute atomic E-state index is 11.6. The topological polar surface area (TPSA) is 116 Å². The minimum Gasteiger partial charge on any atom is -0.380 e. The number of hydrogen-bond acceptors (Lipinski definition) is 5. The van der Waals surface area contributed by atoms with Crippen molar-refractivity contribution in [3.8, 4) is 11.4 Å². The second-order valence-corrected chi connectivity index (χ2v) is 5.72. The molecular weight excluding hydrogens is 310 g/mol. The molecule has 8 heteroatoms. The van der Waals surface area contributed by atoms with Gasteiger partial charge >= 0.3 is 0 Å². The predicted molar refractivity (Wildman–Crippen MR) is 89.6 cm³/mol. The molecule has 0 saturated carbocycles. The monoisotopic (exact) mass is 333 g/mol. The highest BCUT2D eigenvalue weighted by Gasteiger charge is 2.18. The third-order valence-corrected chi connectivity index (χ3v) is 3.47. The van der Waals surface area contributed by atoms with Gasteiger partial charge in [-0.15, -0.1) is 0 Å². The van der Waals surface area contributed by atoms with Crippen molar-refractivity contribution in [2.75, 3.05) is 13.2 Å². The number of rotatable bonds is 8. The van der Waals surface area contributed by atoms with Crippen LogP contribution in [0.4, 0.5) is 0 Å². The number of amides is 1. The first-order valence-electron chi connectivity index (χ1n) is 7.95. The van der Waals surface area contributed by atoms with Gasteiger partial charge in [0.15, 0.2) is 11.6 Å². The lowest BCUT2D eigenvalue weighted by molar-refractivity contribution is -0.117. The van der Waals surface area contributed by atoms with E-state index in [1.165, 1.54) is 6.07 Å². The van der Waals surface area contributed by atoms with Crippen LogP contribution >= 0.6 is 0 Å². The van der Waals surface area contributed by atoms with E-state index in [4.69, 9.17) is 10.5 Å². The Kier molecular flexibility index (Phi) is 5.86. The van der Waals surface area contributed by atoms with Crippen molar-refractivity contribution in [3.05, 3.63) is 34.0 Å². The lowest BCUT2D eigenvalue weighted by Gasteiger charge is -2.12. The van der Waals surface area contributed by atoms with Crippen LogP contribution in [0.1, 0.15) is 38.2 Å². The number of carbonyl (C=O) groups excluding carboxylic acids is 1. The summed E-state index contributed by atoms with van der Waals surface area (Å²) in [5, 5.41) is 4.35. The molecule has 130 valence electrons. The summed E-state index contributed by atoms with van der Waals surface area (Å²) in [4.78, 5) is 30.1. The van der Waals surface area contributed by atoms with Gasteiger partial charge in [-0.3, -0.25) is 9.59 Å². The van der Waals surface area contributed by atoms with Gasteiger partial charge in [-0.05, 0) is 18.9 Å². The van der Waals surface area contributed by atoms with Crippen LogP contribution in [0.5, 0.6) is 0 Å². The fraction of sp³-hybridized carbons (Fsp3) is 0.500. The maximum Gasteiger partial charge on any atom is 0.248 e. The SMILES string of the molecule is CCOCCn1nc(CC(N)=O)nc1-c1ccc(=O)[nH]c1C(C)C. The molecule has 2 heterocycles. The lowest BCUT2D eigenvalue weighted by atomic mass is 10.0. The summed E-state index contributed by atoms with van der Waals surface area (Å²) >= 11 is 0. The molecule has 2 aromatic heterocycles. The van der Waals surface area contributed by atoms with Crippen molar-refractivity contribution in [2.45, 2.75) is 39.7 Å². The van der Waals surface area contributed by atoms with Crippen LogP contribution in [-0.2, 0) is 22.5 Å². The van der Waals surface area contributed by atoms with Gasteiger partial charge in [0.05, 0.1) is 19.6 Å². The van der Waals surface area contributed by atoms with Gasteiger partial charge in [0.2, 0.25) is 11.5 Å². The highest BCUT2D eigenvalue weighted by atomic mass is 16.5.